The molecule has 0 spiro atoms. The molecule has 3 nitrogen and oxygen atoms in total. The first-order chi connectivity index (χ1) is 9.66. The van der Waals surface area contributed by atoms with Gasteiger partial charge in [0.2, 0.25) is 0 Å². The number of hydrogen-bond donors (Lipinski definition) is 1. The molecule has 0 saturated carbocycles. The molecule has 20 heavy (non-hydrogen) atoms. The standard InChI is InChI=1S/C17H20N2O/c1-12-7-8-14-5-3-4-6-16(14)19(12)17-10-9-15(11-18-17)13(2)20/h3-6,9-13,20H,7-8H2,1-2H3/t12?,13-/m1/s1. The third kappa shape index (κ3) is 2.29. The Morgan fingerprint density at radius 2 is 2.05 bits per heavy atom. The minimum Gasteiger partial charge on any atom is -0.389 e. The highest BCUT2D eigenvalue weighted by Crippen LogP contribution is 2.35. The first kappa shape index (κ1) is 13.1. The number of nitrogens with zero attached hydrogens (tertiary/aromatic N) is 2. The number of fused-ring (bicyclic) bond motifs is 1. The molecule has 2 atom stereocenters. The van der Waals surface area contributed by atoms with Gasteiger partial charge in [0.15, 0.2) is 0 Å². The zero-order chi connectivity index (χ0) is 14.1. The minimum absolute atomic E-state index is 0.440. The van der Waals surface area contributed by atoms with Crippen LogP contribution in [0.2, 0.25) is 0 Å². The van der Waals surface area contributed by atoms with Crippen LogP contribution in [0, 0.1) is 0 Å². The molecule has 104 valence electrons. The molecule has 1 aromatic carbocycles. The fourth-order valence-corrected chi connectivity index (χ4v) is 2.82. The molecular weight excluding hydrogens is 248 g/mol. The molecule has 0 amide bonds. The Labute approximate surface area is 119 Å². The maximum absolute atomic E-state index is 9.58. The van der Waals surface area contributed by atoms with E-state index in [1.807, 2.05) is 12.1 Å². The number of pyridine rings is 1. The van der Waals surface area contributed by atoms with Crippen LogP contribution in [-0.2, 0) is 6.42 Å². The van der Waals surface area contributed by atoms with E-state index in [1.54, 1.807) is 13.1 Å². The van der Waals surface area contributed by atoms with Crippen LogP contribution in [0.3, 0.4) is 0 Å². The Morgan fingerprint density at radius 3 is 2.75 bits per heavy atom. The molecule has 3 heteroatoms. The van der Waals surface area contributed by atoms with Gasteiger partial charge < -0.3 is 10.0 Å². The molecule has 0 fully saturated rings. The number of anilines is 2. The van der Waals surface area contributed by atoms with Crippen LogP contribution >= 0.6 is 0 Å². The number of para-hydroxylation sites is 1. The zero-order valence-electron chi connectivity index (χ0n) is 12.0. The number of benzene rings is 1. The minimum atomic E-state index is -0.470. The second-order valence-electron chi connectivity index (χ2n) is 5.51. The van der Waals surface area contributed by atoms with Crippen molar-refractivity contribution in [3.63, 3.8) is 0 Å². The third-order valence-electron chi connectivity index (χ3n) is 4.02. The van der Waals surface area contributed by atoms with Gasteiger partial charge in [0.05, 0.1) is 6.10 Å². The first-order valence-electron chi connectivity index (χ1n) is 7.18. The SMILES string of the molecule is CC1CCc2ccccc2N1c1ccc([C@@H](C)O)cn1. The van der Waals surface area contributed by atoms with E-state index < -0.39 is 6.10 Å². The van der Waals surface area contributed by atoms with Crippen molar-refractivity contribution in [2.24, 2.45) is 0 Å². The fourth-order valence-electron chi connectivity index (χ4n) is 2.82. The average molecular weight is 268 g/mol. The third-order valence-corrected chi connectivity index (χ3v) is 4.02. The second kappa shape index (κ2) is 5.25. The summed E-state index contributed by atoms with van der Waals surface area (Å²) in [4.78, 5) is 6.84. The highest BCUT2D eigenvalue weighted by molar-refractivity contribution is 5.66. The van der Waals surface area contributed by atoms with E-state index in [9.17, 15) is 5.11 Å². The molecule has 2 aromatic rings. The number of aryl methyl sites for hydroxylation is 1. The van der Waals surface area contributed by atoms with Crippen molar-refractivity contribution in [1.82, 2.24) is 4.98 Å². The van der Waals surface area contributed by atoms with Crippen molar-refractivity contribution in [1.29, 1.82) is 0 Å². The topological polar surface area (TPSA) is 36.4 Å². The molecule has 0 bridgehead atoms. The maximum Gasteiger partial charge on any atom is 0.133 e. The maximum atomic E-state index is 9.58. The predicted octanol–water partition coefficient (Wildman–Crippen LogP) is 3.61. The van der Waals surface area contributed by atoms with E-state index in [-0.39, 0.29) is 0 Å². The summed E-state index contributed by atoms with van der Waals surface area (Å²) in [6, 6.07) is 12.9. The Morgan fingerprint density at radius 1 is 1.25 bits per heavy atom. The summed E-state index contributed by atoms with van der Waals surface area (Å²) in [7, 11) is 0. The van der Waals surface area contributed by atoms with E-state index in [4.69, 9.17) is 0 Å². The Balaban J connectivity index is 2.00. The monoisotopic (exact) mass is 268 g/mol. The summed E-state index contributed by atoms with van der Waals surface area (Å²) in [6.45, 7) is 4.00. The van der Waals surface area contributed by atoms with Gasteiger partial charge in [0.1, 0.15) is 5.82 Å². The van der Waals surface area contributed by atoms with Gasteiger partial charge in [-0.15, -0.1) is 0 Å². The normalized spacial score (nSPS) is 19.6. The van der Waals surface area contributed by atoms with Crippen molar-refractivity contribution < 1.29 is 5.11 Å². The molecule has 0 radical (unpaired) electrons. The fraction of sp³-hybridized carbons (Fsp3) is 0.353. The lowest BCUT2D eigenvalue weighted by Crippen LogP contribution is -2.33. The van der Waals surface area contributed by atoms with Crippen LogP contribution in [0.25, 0.3) is 0 Å². The molecule has 0 aliphatic carbocycles. The lowest BCUT2D eigenvalue weighted by molar-refractivity contribution is 0.199. The van der Waals surface area contributed by atoms with Crippen LogP contribution in [0.15, 0.2) is 42.6 Å². The molecule has 1 unspecified atom stereocenters. The number of aromatic nitrogens is 1. The lowest BCUT2D eigenvalue weighted by Gasteiger charge is -2.36. The van der Waals surface area contributed by atoms with Crippen molar-refractivity contribution in [3.05, 3.63) is 53.7 Å². The van der Waals surface area contributed by atoms with Crippen LogP contribution in [0.1, 0.15) is 37.5 Å². The zero-order valence-corrected chi connectivity index (χ0v) is 12.0. The molecule has 0 saturated heterocycles. The summed E-state index contributed by atoms with van der Waals surface area (Å²) in [6.07, 6.45) is 3.56. The van der Waals surface area contributed by atoms with E-state index in [0.717, 1.165) is 24.2 Å². The molecule has 1 aliphatic rings. The van der Waals surface area contributed by atoms with Crippen molar-refractivity contribution >= 4 is 11.5 Å². The highest BCUT2D eigenvalue weighted by atomic mass is 16.3. The predicted molar refractivity (Wildman–Crippen MR) is 81.2 cm³/mol. The van der Waals surface area contributed by atoms with Gasteiger partial charge in [-0.3, -0.25) is 0 Å². The van der Waals surface area contributed by atoms with E-state index >= 15 is 0 Å². The largest absolute Gasteiger partial charge is 0.389 e. The number of hydrogen-bond acceptors (Lipinski definition) is 3. The summed E-state index contributed by atoms with van der Waals surface area (Å²) < 4.78 is 0. The summed E-state index contributed by atoms with van der Waals surface area (Å²) >= 11 is 0. The Kier molecular flexibility index (Phi) is 3.45. The smallest absolute Gasteiger partial charge is 0.133 e. The molecule has 3 rings (SSSR count). The number of rotatable bonds is 2. The van der Waals surface area contributed by atoms with E-state index in [1.165, 1.54) is 11.3 Å². The molecule has 1 aliphatic heterocycles. The summed E-state index contributed by atoms with van der Waals surface area (Å²) in [5.41, 5.74) is 3.49. The highest BCUT2D eigenvalue weighted by Gasteiger charge is 2.24. The molecule has 1 aromatic heterocycles. The molecular formula is C17H20N2O. The van der Waals surface area contributed by atoms with Gasteiger partial charge in [-0.2, -0.15) is 0 Å². The van der Waals surface area contributed by atoms with Crippen molar-refractivity contribution in [3.8, 4) is 0 Å². The van der Waals surface area contributed by atoms with Gasteiger partial charge in [-0.25, -0.2) is 4.98 Å². The lowest BCUT2D eigenvalue weighted by atomic mass is 9.96. The first-order valence-corrected chi connectivity index (χ1v) is 7.18. The van der Waals surface area contributed by atoms with Crippen molar-refractivity contribution in [2.75, 3.05) is 4.90 Å². The summed E-state index contributed by atoms with van der Waals surface area (Å²) in [5, 5.41) is 9.58. The van der Waals surface area contributed by atoms with E-state index in [0.29, 0.717) is 6.04 Å². The van der Waals surface area contributed by atoms with Crippen LogP contribution in [0.4, 0.5) is 11.5 Å². The average Bonchev–Trinajstić information content (AvgIpc) is 2.47. The van der Waals surface area contributed by atoms with Gasteiger partial charge in [0.25, 0.3) is 0 Å². The van der Waals surface area contributed by atoms with Gasteiger partial charge in [0, 0.05) is 17.9 Å². The summed E-state index contributed by atoms with van der Waals surface area (Å²) in [5.74, 6) is 0.953. The number of aliphatic hydroxyl groups is 1. The quantitative estimate of drug-likeness (QED) is 0.904. The van der Waals surface area contributed by atoms with Gasteiger partial charge >= 0.3 is 0 Å². The molecule has 2 heterocycles. The van der Waals surface area contributed by atoms with Crippen molar-refractivity contribution in [2.45, 2.75) is 38.8 Å². The second-order valence-corrected chi connectivity index (χ2v) is 5.51. The van der Waals surface area contributed by atoms with Crippen LogP contribution in [0.5, 0.6) is 0 Å². The van der Waals surface area contributed by atoms with Crippen LogP contribution < -0.4 is 4.90 Å². The van der Waals surface area contributed by atoms with Crippen LogP contribution in [-0.4, -0.2) is 16.1 Å². The number of aliphatic hydroxyl groups excluding tert-OH is 1. The Bertz CT molecular complexity index is 592. The van der Waals surface area contributed by atoms with Gasteiger partial charge in [-0.1, -0.05) is 24.3 Å². The Hall–Kier alpha value is -1.87. The molecule has 1 N–H and O–H groups in total. The van der Waals surface area contributed by atoms with Gasteiger partial charge in [-0.05, 0) is 49.9 Å². The van der Waals surface area contributed by atoms with E-state index in [2.05, 4.69) is 41.1 Å².